The number of amides is 1. The van der Waals surface area contributed by atoms with Crippen LogP contribution in [0, 0.1) is 12.7 Å². The lowest BCUT2D eigenvalue weighted by atomic mass is 10.1. The highest BCUT2D eigenvalue weighted by atomic mass is 19.4. The number of carbonyl (C=O) groups excluding carboxylic acids is 1. The molecule has 0 aliphatic carbocycles. The van der Waals surface area contributed by atoms with Gasteiger partial charge in [0.2, 0.25) is 0 Å². The van der Waals surface area contributed by atoms with Crippen LogP contribution in [0.2, 0.25) is 0 Å². The minimum absolute atomic E-state index is 0.241. The molecule has 0 saturated carbocycles. The van der Waals surface area contributed by atoms with Gasteiger partial charge >= 0.3 is 6.18 Å². The number of nitrogens with zero attached hydrogens (tertiary/aromatic N) is 6. The predicted octanol–water partition coefficient (Wildman–Crippen LogP) is 4.66. The molecule has 1 aliphatic rings. The maximum Gasteiger partial charge on any atom is 0.406 e. The number of para-hydroxylation sites is 1. The molecule has 3 heterocycles. The summed E-state index contributed by atoms with van der Waals surface area (Å²) in [4.78, 5) is 18.1. The molecular weight excluding hydrogens is 464 g/mol. The van der Waals surface area contributed by atoms with Crippen LogP contribution in [-0.4, -0.2) is 43.2 Å². The van der Waals surface area contributed by atoms with E-state index in [-0.39, 0.29) is 12.1 Å². The molecule has 1 unspecified atom stereocenters. The number of aryl methyl sites for hydroxylation is 2. The Morgan fingerprint density at radius 3 is 2.60 bits per heavy atom. The van der Waals surface area contributed by atoms with Gasteiger partial charge in [-0.15, -0.1) is 5.10 Å². The van der Waals surface area contributed by atoms with Crippen LogP contribution in [-0.2, 0) is 11.2 Å². The predicted molar refractivity (Wildman–Crippen MR) is 119 cm³/mol. The average Bonchev–Trinajstić information content (AvgIpc) is 3.44. The van der Waals surface area contributed by atoms with Crippen molar-refractivity contribution in [1.29, 1.82) is 0 Å². The minimum atomic E-state index is -4.57. The molecule has 1 amide bonds. The van der Waals surface area contributed by atoms with E-state index in [1.165, 1.54) is 29.3 Å². The van der Waals surface area contributed by atoms with Gasteiger partial charge < -0.3 is 9.47 Å². The lowest BCUT2D eigenvalue weighted by molar-refractivity contribution is -0.134. The summed E-state index contributed by atoms with van der Waals surface area (Å²) >= 11 is 0. The van der Waals surface area contributed by atoms with Crippen molar-refractivity contribution in [2.45, 2.75) is 32.0 Å². The molecule has 0 radical (unpaired) electrons. The number of anilines is 1. The second kappa shape index (κ2) is 8.64. The van der Waals surface area contributed by atoms with Crippen molar-refractivity contribution in [2.24, 2.45) is 0 Å². The molecule has 1 atom stereocenters. The first-order valence-electron chi connectivity index (χ1n) is 10.9. The van der Waals surface area contributed by atoms with Crippen LogP contribution in [0.15, 0.2) is 61.2 Å². The molecule has 7 nitrogen and oxygen atoms in total. The molecule has 0 N–H and O–H groups in total. The Balaban J connectivity index is 1.45. The summed E-state index contributed by atoms with van der Waals surface area (Å²) in [6, 6.07) is 10.1. The third kappa shape index (κ3) is 4.53. The number of imidazole rings is 1. The highest BCUT2D eigenvalue weighted by molar-refractivity contribution is 5.97. The summed E-state index contributed by atoms with van der Waals surface area (Å²) in [6.07, 6.45) is 0.727. The van der Waals surface area contributed by atoms with E-state index in [1.54, 1.807) is 48.0 Å². The maximum atomic E-state index is 14.8. The summed E-state index contributed by atoms with van der Waals surface area (Å²) in [6.45, 7) is 0.394. The fourth-order valence-corrected chi connectivity index (χ4v) is 4.28. The number of aromatic nitrogens is 5. The van der Waals surface area contributed by atoms with E-state index in [9.17, 15) is 22.4 Å². The molecular formula is C24H20F4N6O. The zero-order valence-electron chi connectivity index (χ0n) is 18.6. The van der Waals surface area contributed by atoms with Crippen molar-refractivity contribution < 1.29 is 22.4 Å². The van der Waals surface area contributed by atoms with Crippen LogP contribution in [0.25, 0.3) is 16.9 Å². The SMILES string of the molecule is Cc1cn(-c2ccc(-c3cn(C4CCc5ccccc5N(CC(F)(F)F)C4=O)nn3)cc2F)cn1. The van der Waals surface area contributed by atoms with Gasteiger partial charge in [0.1, 0.15) is 24.1 Å². The fraction of sp³-hybridized carbons (Fsp3) is 0.250. The van der Waals surface area contributed by atoms with Gasteiger partial charge in [-0.3, -0.25) is 4.79 Å². The first kappa shape index (κ1) is 22.8. The van der Waals surface area contributed by atoms with E-state index in [4.69, 9.17) is 0 Å². The van der Waals surface area contributed by atoms with E-state index in [2.05, 4.69) is 15.3 Å². The molecule has 35 heavy (non-hydrogen) atoms. The van der Waals surface area contributed by atoms with Crippen molar-refractivity contribution in [3.63, 3.8) is 0 Å². The number of carbonyl (C=O) groups is 1. The third-order valence-corrected chi connectivity index (χ3v) is 5.92. The lowest BCUT2D eigenvalue weighted by Crippen LogP contribution is -2.42. The number of halogens is 4. The largest absolute Gasteiger partial charge is 0.406 e. The molecule has 2 aromatic heterocycles. The van der Waals surface area contributed by atoms with Gasteiger partial charge in [-0.1, -0.05) is 29.5 Å². The Labute approximate surface area is 197 Å². The van der Waals surface area contributed by atoms with Crippen LogP contribution >= 0.6 is 0 Å². The molecule has 0 spiro atoms. The van der Waals surface area contributed by atoms with E-state index in [1.807, 2.05) is 0 Å². The molecule has 5 rings (SSSR count). The fourth-order valence-electron chi connectivity index (χ4n) is 4.28. The Morgan fingerprint density at radius 1 is 1.09 bits per heavy atom. The number of rotatable bonds is 4. The molecule has 2 aromatic carbocycles. The zero-order chi connectivity index (χ0) is 24.7. The van der Waals surface area contributed by atoms with Gasteiger partial charge in [-0.25, -0.2) is 14.1 Å². The number of hydrogen-bond donors (Lipinski definition) is 0. The molecule has 4 aromatic rings. The first-order chi connectivity index (χ1) is 16.7. The van der Waals surface area contributed by atoms with E-state index in [0.717, 1.165) is 10.6 Å². The van der Waals surface area contributed by atoms with E-state index >= 15 is 0 Å². The molecule has 0 bridgehead atoms. The average molecular weight is 484 g/mol. The van der Waals surface area contributed by atoms with Crippen LogP contribution < -0.4 is 4.90 Å². The third-order valence-electron chi connectivity index (χ3n) is 5.92. The topological polar surface area (TPSA) is 68.8 Å². The second-order valence-electron chi connectivity index (χ2n) is 8.40. The standard InChI is InChI=1S/C24H20F4N6O/c1-15-11-32(14-29-15)21-8-7-17(10-18(21)25)19-12-34(31-30-19)22-9-6-16-4-2-3-5-20(16)33(23(22)35)13-24(26,27)28/h2-5,7-8,10-12,14,22H,6,9,13H2,1H3. The Hall–Kier alpha value is -4.02. The summed E-state index contributed by atoms with van der Waals surface area (Å²) in [5, 5.41) is 8.07. The Kier molecular flexibility index (Phi) is 5.62. The minimum Gasteiger partial charge on any atom is -0.303 e. The van der Waals surface area contributed by atoms with Gasteiger partial charge in [0.25, 0.3) is 5.91 Å². The summed E-state index contributed by atoms with van der Waals surface area (Å²) in [5.74, 6) is -1.23. The monoisotopic (exact) mass is 484 g/mol. The van der Waals surface area contributed by atoms with Crippen LogP contribution in [0.3, 0.4) is 0 Å². The maximum absolute atomic E-state index is 14.8. The Bertz CT molecular complexity index is 1390. The smallest absolute Gasteiger partial charge is 0.303 e. The van der Waals surface area contributed by atoms with Crippen LogP contribution in [0.4, 0.5) is 23.2 Å². The lowest BCUT2D eigenvalue weighted by Gasteiger charge is -2.26. The van der Waals surface area contributed by atoms with E-state index < -0.39 is 30.5 Å². The van der Waals surface area contributed by atoms with Crippen molar-refractivity contribution in [3.8, 4) is 16.9 Å². The van der Waals surface area contributed by atoms with Gasteiger partial charge in [-0.2, -0.15) is 13.2 Å². The van der Waals surface area contributed by atoms with Crippen molar-refractivity contribution in [2.75, 3.05) is 11.4 Å². The van der Waals surface area contributed by atoms with Gasteiger partial charge in [0.05, 0.1) is 23.9 Å². The van der Waals surface area contributed by atoms with Gasteiger partial charge in [-0.05, 0) is 43.5 Å². The summed E-state index contributed by atoms with van der Waals surface area (Å²) in [5.41, 5.74) is 2.66. The molecule has 0 saturated heterocycles. The van der Waals surface area contributed by atoms with Gasteiger partial charge in [0, 0.05) is 17.4 Å². The molecule has 11 heteroatoms. The molecule has 0 fully saturated rings. The summed E-state index contributed by atoms with van der Waals surface area (Å²) < 4.78 is 57.6. The zero-order valence-corrected chi connectivity index (χ0v) is 18.6. The highest BCUT2D eigenvalue weighted by Crippen LogP contribution is 2.34. The quantitative estimate of drug-likeness (QED) is 0.395. The number of hydrogen-bond acceptors (Lipinski definition) is 4. The van der Waals surface area contributed by atoms with Crippen molar-refractivity contribution in [1.82, 2.24) is 24.5 Å². The van der Waals surface area contributed by atoms with Crippen LogP contribution in [0.5, 0.6) is 0 Å². The Morgan fingerprint density at radius 2 is 1.89 bits per heavy atom. The highest BCUT2D eigenvalue weighted by Gasteiger charge is 2.39. The normalized spacial score (nSPS) is 16.3. The number of alkyl halides is 3. The second-order valence-corrected chi connectivity index (χ2v) is 8.40. The summed E-state index contributed by atoms with van der Waals surface area (Å²) in [7, 11) is 0. The molecule has 180 valence electrons. The van der Waals surface area contributed by atoms with Gasteiger partial charge in [0.15, 0.2) is 0 Å². The van der Waals surface area contributed by atoms with E-state index in [0.29, 0.717) is 28.9 Å². The van der Waals surface area contributed by atoms with Crippen molar-refractivity contribution >= 4 is 11.6 Å². The number of fused-ring (bicyclic) bond motifs is 1. The number of benzene rings is 2. The van der Waals surface area contributed by atoms with Crippen molar-refractivity contribution in [3.05, 3.63) is 78.3 Å². The molecule has 1 aliphatic heterocycles. The first-order valence-corrected chi connectivity index (χ1v) is 10.9. The van der Waals surface area contributed by atoms with Crippen LogP contribution in [0.1, 0.15) is 23.7 Å².